The van der Waals surface area contributed by atoms with Gasteiger partial charge in [-0.2, -0.15) is 35.0 Å². The third-order valence-corrected chi connectivity index (χ3v) is 7.32. The van der Waals surface area contributed by atoms with Crippen molar-refractivity contribution in [2.45, 2.75) is 0 Å². The average Bonchev–Trinajstić information content (AvgIpc) is 3.38. The van der Waals surface area contributed by atoms with Gasteiger partial charge in [-0.25, -0.2) is 0 Å². The van der Waals surface area contributed by atoms with Crippen molar-refractivity contribution in [2.24, 2.45) is 0 Å². The van der Waals surface area contributed by atoms with E-state index in [1.165, 1.54) is 55.6 Å². The molecule has 0 nitrogen and oxygen atoms in total. The molecule has 0 saturated heterocycles. The number of halogens is 2. The molecular formula is C24H19Cl2HfP-2. The summed E-state index contributed by atoms with van der Waals surface area (Å²) in [4.78, 5) is 0. The van der Waals surface area contributed by atoms with Crippen molar-refractivity contribution in [1.82, 2.24) is 0 Å². The summed E-state index contributed by atoms with van der Waals surface area (Å²) in [6.07, 6.45) is 0. The normalized spacial score (nSPS) is 9.36. The van der Waals surface area contributed by atoms with E-state index < -0.39 is 0 Å². The van der Waals surface area contributed by atoms with Crippen molar-refractivity contribution in [3.05, 3.63) is 115 Å². The summed E-state index contributed by atoms with van der Waals surface area (Å²) in [5.74, 6) is 0. The molecule has 28 heavy (non-hydrogen) atoms. The SMILES string of the molecule is [Cl-].[Cl-].[Hf+2]=[P]c1ccccc1.c1ccc2[cH-]ccc2c1.c1ccc2[cH-]ccc2c1. The summed E-state index contributed by atoms with van der Waals surface area (Å²) in [5, 5.41) is 6.77. The minimum absolute atomic E-state index is 0. The van der Waals surface area contributed by atoms with Gasteiger partial charge in [0, 0.05) is 0 Å². The molecule has 0 unspecified atom stereocenters. The van der Waals surface area contributed by atoms with Crippen LogP contribution in [-0.4, -0.2) is 0 Å². The molecule has 0 amide bonds. The molecule has 0 atom stereocenters. The minimum atomic E-state index is 0. The molecule has 0 radical (unpaired) electrons. The maximum absolute atomic E-state index is 2.16. The molecule has 5 aromatic rings. The van der Waals surface area contributed by atoms with Crippen LogP contribution in [0.2, 0.25) is 0 Å². The van der Waals surface area contributed by atoms with Crippen molar-refractivity contribution < 1.29 is 48.1 Å². The molecule has 0 aliphatic rings. The Morgan fingerprint density at radius 3 is 1.36 bits per heavy atom. The average molecular weight is 588 g/mol. The first kappa shape index (κ1) is 24.7. The van der Waals surface area contributed by atoms with Crippen LogP contribution in [0.3, 0.4) is 0 Å². The Kier molecular flexibility index (Phi) is 12.1. The van der Waals surface area contributed by atoms with E-state index in [4.69, 9.17) is 0 Å². The van der Waals surface area contributed by atoms with E-state index in [0.717, 1.165) is 0 Å². The van der Waals surface area contributed by atoms with Gasteiger partial charge in [0.2, 0.25) is 0 Å². The maximum Gasteiger partial charge on any atom is -0.0809 e. The number of hydrogen-bond acceptors (Lipinski definition) is 0. The summed E-state index contributed by atoms with van der Waals surface area (Å²) < 4.78 is 0. The van der Waals surface area contributed by atoms with E-state index in [0.29, 0.717) is 0 Å². The van der Waals surface area contributed by atoms with Crippen molar-refractivity contribution in [1.29, 1.82) is 0 Å². The van der Waals surface area contributed by atoms with Crippen LogP contribution in [0.4, 0.5) is 0 Å². The van der Waals surface area contributed by atoms with Crippen LogP contribution >= 0.6 is 5.46 Å². The summed E-state index contributed by atoms with van der Waals surface area (Å²) in [6, 6.07) is 39.9. The predicted molar refractivity (Wildman–Crippen MR) is 112 cm³/mol. The monoisotopic (exact) mass is 588 g/mol. The molecule has 5 aromatic carbocycles. The van der Waals surface area contributed by atoms with Crippen LogP contribution in [0, 0.1) is 0 Å². The first-order valence-electron chi connectivity index (χ1n) is 8.50. The van der Waals surface area contributed by atoms with Crippen LogP contribution in [0.25, 0.3) is 21.5 Å². The molecule has 0 saturated carbocycles. The molecular weight excluding hydrogens is 569 g/mol. The van der Waals surface area contributed by atoms with Crippen molar-refractivity contribution >= 4 is 32.3 Å². The summed E-state index contributed by atoms with van der Waals surface area (Å²) in [5.41, 5.74) is 1.49. The second kappa shape index (κ2) is 13.7. The van der Waals surface area contributed by atoms with Crippen LogP contribution in [0.1, 0.15) is 0 Å². The molecule has 0 spiro atoms. The second-order valence-corrected chi connectivity index (χ2v) is 8.91. The van der Waals surface area contributed by atoms with E-state index in [2.05, 4.69) is 115 Å². The summed E-state index contributed by atoms with van der Waals surface area (Å²) in [7, 11) is 0. The zero-order valence-corrected chi connectivity index (χ0v) is 21.2. The zero-order chi connectivity index (χ0) is 18.0. The van der Waals surface area contributed by atoms with Crippen molar-refractivity contribution in [2.75, 3.05) is 0 Å². The third kappa shape index (κ3) is 7.57. The van der Waals surface area contributed by atoms with Crippen LogP contribution in [-0.2, 0) is 23.3 Å². The Morgan fingerprint density at radius 2 is 0.964 bits per heavy atom. The Morgan fingerprint density at radius 1 is 0.536 bits per heavy atom. The molecule has 140 valence electrons. The van der Waals surface area contributed by atoms with Crippen LogP contribution < -0.4 is 30.1 Å². The number of rotatable bonds is 1. The number of fused-ring (bicyclic) bond motifs is 2. The van der Waals surface area contributed by atoms with Gasteiger partial charge < -0.3 is 24.8 Å². The van der Waals surface area contributed by atoms with Gasteiger partial charge in [0.25, 0.3) is 0 Å². The van der Waals surface area contributed by atoms with Gasteiger partial charge in [-0.05, 0) is 0 Å². The molecule has 0 bridgehead atoms. The van der Waals surface area contributed by atoms with Gasteiger partial charge in [-0.15, -0.1) is 59.3 Å². The number of hydrogen-bond donors (Lipinski definition) is 0. The maximum atomic E-state index is 2.16. The van der Waals surface area contributed by atoms with E-state index in [9.17, 15) is 0 Å². The quantitative estimate of drug-likeness (QED) is 0.155. The van der Waals surface area contributed by atoms with Crippen molar-refractivity contribution in [3.8, 4) is 0 Å². The van der Waals surface area contributed by atoms with Crippen molar-refractivity contribution in [3.63, 3.8) is 0 Å². The van der Waals surface area contributed by atoms with E-state index in [1.54, 1.807) is 0 Å². The van der Waals surface area contributed by atoms with Gasteiger partial charge in [-0.1, -0.05) is 12.1 Å². The van der Waals surface area contributed by atoms with Gasteiger partial charge in [0.1, 0.15) is 0 Å². The number of benzene rings is 3. The molecule has 0 N–H and O–H groups in total. The zero-order valence-electron chi connectivity index (χ0n) is 15.2. The molecule has 0 aromatic heterocycles. The summed E-state index contributed by atoms with van der Waals surface area (Å²) >= 11 is 1.25. The van der Waals surface area contributed by atoms with Gasteiger partial charge >= 0.3 is 64.4 Å². The molecule has 0 aliphatic carbocycles. The Hall–Kier alpha value is -1.37. The van der Waals surface area contributed by atoms with Crippen LogP contribution in [0.5, 0.6) is 0 Å². The Bertz CT molecular complexity index is 941. The first-order valence-corrected chi connectivity index (χ1v) is 14.2. The topological polar surface area (TPSA) is 0 Å². The Balaban J connectivity index is 0.000000203. The Labute approximate surface area is 194 Å². The first-order chi connectivity index (χ1) is 12.9. The molecule has 0 aliphatic heterocycles. The van der Waals surface area contributed by atoms with Gasteiger partial charge in [-0.3, -0.25) is 0 Å². The van der Waals surface area contributed by atoms with E-state index in [-0.39, 0.29) is 24.8 Å². The summed E-state index contributed by atoms with van der Waals surface area (Å²) in [6.45, 7) is 0. The van der Waals surface area contributed by atoms with E-state index >= 15 is 0 Å². The van der Waals surface area contributed by atoms with Crippen LogP contribution in [0.15, 0.2) is 115 Å². The van der Waals surface area contributed by atoms with Gasteiger partial charge in [0.05, 0.1) is 0 Å². The largest absolute Gasteiger partial charge is 0.168 e. The fourth-order valence-electron chi connectivity index (χ4n) is 2.64. The standard InChI is InChI=1S/2C9H7.C6H5P.2ClH.Hf/c2*1-2-5-9-7-3-6-8(9)4-1;7-6-4-2-1-3-5-6;;;/h2*1-7H;1-5H;2*1H;/q2*-1;;;;+2/p-2. The molecule has 5 rings (SSSR count). The van der Waals surface area contributed by atoms with E-state index in [1.807, 2.05) is 0 Å². The fraction of sp³-hybridized carbons (Fsp3) is 0. The predicted octanol–water partition coefficient (Wildman–Crippen LogP) is 0.845. The third-order valence-electron chi connectivity index (χ3n) is 3.98. The molecule has 0 heterocycles. The molecule has 0 fully saturated rings. The second-order valence-electron chi connectivity index (χ2n) is 5.76. The van der Waals surface area contributed by atoms with Gasteiger partial charge in [0.15, 0.2) is 0 Å². The smallest absolute Gasteiger partial charge is 0.0809 e. The minimum Gasteiger partial charge on any atom is -0.168 e. The fourth-order valence-corrected chi connectivity index (χ4v) is 4.57. The molecule has 4 heteroatoms.